The van der Waals surface area contributed by atoms with Crippen molar-refractivity contribution in [1.82, 2.24) is 10.5 Å². The number of hydrogen-bond acceptors (Lipinski definition) is 5. The minimum Gasteiger partial charge on any atom is -0.463 e. The molecule has 0 saturated carbocycles. The molecule has 112 valence electrons. The summed E-state index contributed by atoms with van der Waals surface area (Å²) in [6.07, 6.45) is -0.00306. The van der Waals surface area contributed by atoms with Gasteiger partial charge in [0.1, 0.15) is 5.56 Å². The quantitative estimate of drug-likeness (QED) is 0.809. The van der Waals surface area contributed by atoms with Gasteiger partial charge in [-0.3, -0.25) is 9.59 Å². The lowest BCUT2D eigenvalue weighted by Crippen LogP contribution is -2.28. The molecule has 20 heavy (non-hydrogen) atoms. The number of aryl methyl sites for hydroxylation is 1. The first-order valence-corrected chi connectivity index (χ1v) is 6.76. The molecule has 1 rings (SSSR count). The summed E-state index contributed by atoms with van der Waals surface area (Å²) in [5.41, 5.74) is 1.01. The van der Waals surface area contributed by atoms with Crippen LogP contribution in [0.3, 0.4) is 0 Å². The average molecular weight is 282 g/mol. The highest BCUT2D eigenvalue weighted by Crippen LogP contribution is 2.21. The van der Waals surface area contributed by atoms with Crippen LogP contribution in [0, 0.1) is 6.92 Å². The Balaban J connectivity index is 2.56. The standard InChI is InChI=1S/C14H22N2O4/c1-8(2)13-12(10(5)16-20-13)14(18)15-7-6-11(17)19-9(3)4/h8-9H,6-7H2,1-5H3,(H,15,18). The van der Waals surface area contributed by atoms with Crippen LogP contribution in [0.25, 0.3) is 0 Å². The largest absolute Gasteiger partial charge is 0.463 e. The molecule has 0 bridgehead atoms. The van der Waals surface area contributed by atoms with Gasteiger partial charge in [-0.1, -0.05) is 19.0 Å². The first-order chi connectivity index (χ1) is 9.32. The van der Waals surface area contributed by atoms with Crippen LogP contribution >= 0.6 is 0 Å². The fourth-order valence-electron chi connectivity index (χ4n) is 1.75. The molecule has 0 spiro atoms. The van der Waals surface area contributed by atoms with E-state index in [1.54, 1.807) is 20.8 Å². The van der Waals surface area contributed by atoms with E-state index in [1.807, 2.05) is 13.8 Å². The van der Waals surface area contributed by atoms with Crippen LogP contribution in [0.4, 0.5) is 0 Å². The SMILES string of the molecule is Cc1noc(C(C)C)c1C(=O)NCCC(=O)OC(C)C. The van der Waals surface area contributed by atoms with Crippen LogP contribution in [0.5, 0.6) is 0 Å². The van der Waals surface area contributed by atoms with Crippen LogP contribution in [-0.4, -0.2) is 29.7 Å². The van der Waals surface area contributed by atoms with E-state index < -0.39 is 0 Å². The van der Waals surface area contributed by atoms with E-state index >= 15 is 0 Å². The lowest BCUT2D eigenvalue weighted by Gasteiger charge is -2.09. The zero-order valence-corrected chi connectivity index (χ0v) is 12.6. The molecule has 0 atom stereocenters. The van der Waals surface area contributed by atoms with Crippen molar-refractivity contribution in [2.75, 3.05) is 6.54 Å². The molecule has 0 aliphatic heterocycles. The number of ether oxygens (including phenoxy) is 1. The van der Waals surface area contributed by atoms with Gasteiger partial charge >= 0.3 is 5.97 Å². The van der Waals surface area contributed by atoms with Crippen molar-refractivity contribution in [2.24, 2.45) is 0 Å². The lowest BCUT2D eigenvalue weighted by molar-refractivity contribution is -0.147. The Morgan fingerprint density at radius 3 is 2.50 bits per heavy atom. The van der Waals surface area contributed by atoms with Crippen LogP contribution in [0.2, 0.25) is 0 Å². The van der Waals surface area contributed by atoms with E-state index in [9.17, 15) is 9.59 Å². The van der Waals surface area contributed by atoms with Gasteiger partial charge in [-0.2, -0.15) is 0 Å². The second-order valence-corrected chi connectivity index (χ2v) is 5.21. The van der Waals surface area contributed by atoms with Crippen molar-refractivity contribution in [3.63, 3.8) is 0 Å². The van der Waals surface area contributed by atoms with Gasteiger partial charge in [0.2, 0.25) is 0 Å². The van der Waals surface area contributed by atoms with Crippen molar-refractivity contribution < 1.29 is 18.8 Å². The van der Waals surface area contributed by atoms with Gasteiger partial charge in [-0.25, -0.2) is 0 Å². The summed E-state index contributed by atoms with van der Waals surface area (Å²) in [6, 6.07) is 0. The number of nitrogens with one attached hydrogen (secondary N) is 1. The summed E-state index contributed by atoms with van der Waals surface area (Å²) in [5.74, 6) is 0.0313. The molecule has 6 nitrogen and oxygen atoms in total. The van der Waals surface area contributed by atoms with E-state index in [1.165, 1.54) is 0 Å². The van der Waals surface area contributed by atoms with E-state index in [2.05, 4.69) is 10.5 Å². The number of amides is 1. The van der Waals surface area contributed by atoms with E-state index in [0.717, 1.165) is 0 Å². The van der Waals surface area contributed by atoms with Crippen molar-refractivity contribution in [3.8, 4) is 0 Å². The monoisotopic (exact) mass is 282 g/mol. The topological polar surface area (TPSA) is 81.4 Å². The maximum absolute atomic E-state index is 12.1. The van der Waals surface area contributed by atoms with Gasteiger partial charge in [-0.15, -0.1) is 0 Å². The molecule has 1 heterocycles. The number of esters is 1. The van der Waals surface area contributed by atoms with Crippen molar-refractivity contribution in [3.05, 3.63) is 17.0 Å². The van der Waals surface area contributed by atoms with Crippen LogP contribution < -0.4 is 5.32 Å². The third-order valence-electron chi connectivity index (χ3n) is 2.62. The Bertz CT molecular complexity index is 478. The predicted octanol–water partition coefficient (Wildman–Crippen LogP) is 2.18. The second-order valence-electron chi connectivity index (χ2n) is 5.21. The summed E-state index contributed by atoms with van der Waals surface area (Å²) < 4.78 is 10.1. The predicted molar refractivity (Wildman–Crippen MR) is 73.5 cm³/mol. The van der Waals surface area contributed by atoms with Gasteiger partial charge in [0.05, 0.1) is 18.2 Å². The molecular weight excluding hydrogens is 260 g/mol. The number of hydrogen-bond donors (Lipinski definition) is 1. The fraction of sp³-hybridized carbons (Fsp3) is 0.643. The molecule has 0 aliphatic rings. The van der Waals surface area contributed by atoms with Gasteiger partial charge in [0, 0.05) is 12.5 Å². The third kappa shape index (κ3) is 4.36. The molecule has 0 saturated heterocycles. The van der Waals surface area contributed by atoms with Gasteiger partial charge < -0.3 is 14.6 Å². The number of carbonyl (C=O) groups excluding carboxylic acids is 2. The third-order valence-corrected chi connectivity index (χ3v) is 2.62. The molecule has 6 heteroatoms. The highest BCUT2D eigenvalue weighted by Gasteiger charge is 2.22. The van der Waals surface area contributed by atoms with Gasteiger partial charge in [0.15, 0.2) is 5.76 Å². The molecule has 1 aromatic rings. The lowest BCUT2D eigenvalue weighted by atomic mass is 10.0. The van der Waals surface area contributed by atoms with Crippen molar-refractivity contribution >= 4 is 11.9 Å². The summed E-state index contributed by atoms with van der Waals surface area (Å²) in [5, 5.41) is 6.50. The number of carbonyl (C=O) groups is 2. The first kappa shape index (κ1) is 16.2. The normalized spacial score (nSPS) is 10.9. The van der Waals surface area contributed by atoms with Crippen molar-refractivity contribution in [1.29, 1.82) is 0 Å². The smallest absolute Gasteiger partial charge is 0.307 e. The zero-order valence-electron chi connectivity index (χ0n) is 12.6. The molecule has 1 N–H and O–H groups in total. The van der Waals surface area contributed by atoms with Crippen LogP contribution in [-0.2, 0) is 9.53 Å². The van der Waals surface area contributed by atoms with E-state index in [4.69, 9.17) is 9.26 Å². The number of aromatic nitrogens is 1. The molecule has 0 aliphatic carbocycles. The molecule has 0 aromatic carbocycles. The highest BCUT2D eigenvalue weighted by atomic mass is 16.5. The number of rotatable bonds is 6. The molecule has 0 fully saturated rings. The molecule has 1 aromatic heterocycles. The zero-order chi connectivity index (χ0) is 15.3. The Morgan fingerprint density at radius 2 is 1.95 bits per heavy atom. The average Bonchev–Trinajstić information content (AvgIpc) is 2.70. The first-order valence-electron chi connectivity index (χ1n) is 6.76. The summed E-state index contributed by atoms with van der Waals surface area (Å²) in [7, 11) is 0. The molecule has 0 unspecified atom stereocenters. The Hall–Kier alpha value is -1.85. The maximum atomic E-state index is 12.1. The Kier molecular flexibility index (Phi) is 5.73. The van der Waals surface area contributed by atoms with Crippen LogP contribution in [0.15, 0.2) is 4.52 Å². The Morgan fingerprint density at radius 1 is 1.30 bits per heavy atom. The van der Waals surface area contributed by atoms with E-state index in [0.29, 0.717) is 17.0 Å². The molecule has 0 radical (unpaired) electrons. The van der Waals surface area contributed by atoms with Gasteiger partial charge in [-0.05, 0) is 20.8 Å². The minimum absolute atomic E-state index is 0.0721. The van der Waals surface area contributed by atoms with Crippen molar-refractivity contribution in [2.45, 2.75) is 53.1 Å². The van der Waals surface area contributed by atoms with Crippen LogP contribution in [0.1, 0.15) is 61.8 Å². The van der Waals surface area contributed by atoms with Gasteiger partial charge in [0.25, 0.3) is 5.91 Å². The fourth-order valence-corrected chi connectivity index (χ4v) is 1.75. The number of nitrogens with zero attached hydrogens (tertiary/aromatic N) is 1. The summed E-state index contributed by atoms with van der Waals surface area (Å²) in [6.45, 7) is 9.37. The Labute approximate surface area is 118 Å². The summed E-state index contributed by atoms with van der Waals surface area (Å²) >= 11 is 0. The maximum Gasteiger partial charge on any atom is 0.307 e. The summed E-state index contributed by atoms with van der Waals surface area (Å²) in [4.78, 5) is 23.5. The molecular formula is C14H22N2O4. The second kappa shape index (κ2) is 7.07. The molecule has 1 amide bonds. The minimum atomic E-state index is -0.327. The van der Waals surface area contributed by atoms with E-state index in [-0.39, 0.29) is 36.9 Å². The highest BCUT2D eigenvalue weighted by molar-refractivity contribution is 5.96.